The van der Waals surface area contributed by atoms with Gasteiger partial charge in [0.25, 0.3) is 0 Å². The number of aliphatic hydroxyl groups is 1. The fraction of sp³-hybridized carbons (Fsp3) is 0.906. The topological polar surface area (TPSA) is 105 Å². The van der Waals surface area contributed by atoms with Gasteiger partial charge in [0.15, 0.2) is 0 Å². The third-order valence-electron chi connectivity index (χ3n) is 7.26. The van der Waals surface area contributed by atoms with Crippen molar-refractivity contribution in [2.45, 2.75) is 148 Å². The first kappa shape index (κ1) is 40.2. The third-order valence-corrected chi connectivity index (χ3v) is 8.24. The van der Waals surface area contributed by atoms with Crippen LogP contribution in [0, 0.1) is 0 Å². The number of carbonyl (C=O) groups is 1. The van der Waals surface area contributed by atoms with Crippen molar-refractivity contribution in [1.29, 1.82) is 0 Å². The highest BCUT2D eigenvalue weighted by molar-refractivity contribution is 7.47. The van der Waals surface area contributed by atoms with Gasteiger partial charge in [-0.25, -0.2) is 4.57 Å². The summed E-state index contributed by atoms with van der Waals surface area (Å²) in [7, 11) is 1.57. The number of allylic oxidation sites excluding steroid dienone is 1. The molecule has 1 amide bonds. The van der Waals surface area contributed by atoms with Crippen LogP contribution in [0.25, 0.3) is 0 Å². The van der Waals surface area contributed by atoms with E-state index >= 15 is 0 Å². The van der Waals surface area contributed by atoms with Gasteiger partial charge < -0.3 is 19.8 Å². The summed E-state index contributed by atoms with van der Waals surface area (Å²) in [4.78, 5) is 22.7. The number of likely N-dealkylation sites (N-methyl/N-ethyl adjacent to an activating group) is 1. The van der Waals surface area contributed by atoms with Crippen molar-refractivity contribution in [2.24, 2.45) is 0 Å². The predicted molar refractivity (Wildman–Crippen MR) is 171 cm³/mol. The molecule has 0 aliphatic rings. The molecular weight excluding hydrogens is 539 g/mol. The van der Waals surface area contributed by atoms with Gasteiger partial charge in [0.1, 0.15) is 13.2 Å². The van der Waals surface area contributed by atoms with Gasteiger partial charge in [0.05, 0.1) is 39.9 Å². The Morgan fingerprint density at radius 2 is 1.29 bits per heavy atom. The van der Waals surface area contributed by atoms with E-state index in [1.807, 2.05) is 27.2 Å². The summed E-state index contributed by atoms with van der Waals surface area (Å²) < 4.78 is 23.2. The highest BCUT2D eigenvalue weighted by Crippen LogP contribution is 2.43. The van der Waals surface area contributed by atoms with Crippen LogP contribution >= 0.6 is 7.82 Å². The minimum absolute atomic E-state index is 0.0631. The van der Waals surface area contributed by atoms with Crippen LogP contribution in [0.2, 0.25) is 0 Å². The number of nitrogens with zero attached hydrogens (tertiary/aromatic N) is 1. The van der Waals surface area contributed by atoms with Gasteiger partial charge >= 0.3 is 7.82 Å². The largest absolute Gasteiger partial charge is 0.472 e. The molecule has 0 heterocycles. The Labute approximate surface area is 252 Å². The summed E-state index contributed by atoms with van der Waals surface area (Å²) in [6.45, 7) is 4.70. The number of quaternary nitrogens is 1. The fourth-order valence-corrected chi connectivity index (χ4v) is 5.24. The van der Waals surface area contributed by atoms with Crippen molar-refractivity contribution in [3.05, 3.63) is 12.2 Å². The molecule has 3 N–H and O–H groups in total. The zero-order valence-electron chi connectivity index (χ0n) is 27.3. The molecule has 8 nitrogen and oxygen atoms in total. The molecule has 0 aromatic heterocycles. The molecule has 0 fully saturated rings. The van der Waals surface area contributed by atoms with E-state index in [0.29, 0.717) is 17.4 Å². The Morgan fingerprint density at radius 1 is 0.805 bits per heavy atom. The van der Waals surface area contributed by atoms with E-state index in [1.165, 1.54) is 70.6 Å². The van der Waals surface area contributed by atoms with Gasteiger partial charge in [0.2, 0.25) is 5.91 Å². The molecule has 0 spiro atoms. The number of hydrogen-bond acceptors (Lipinski definition) is 5. The number of amides is 1. The van der Waals surface area contributed by atoms with E-state index in [2.05, 4.69) is 19.2 Å². The molecule has 244 valence electrons. The lowest BCUT2D eigenvalue weighted by Gasteiger charge is -2.25. The van der Waals surface area contributed by atoms with E-state index in [9.17, 15) is 19.4 Å². The van der Waals surface area contributed by atoms with Crippen LogP contribution < -0.4 is 5.32 Å². The van der Waals surface area contributed by atoms with E-state index in [-0.39, 0.29) is 19.1 Å². The number of carbonyl (C=O) groups excluding carboxylic acids is 1. The first-order valence-corrected chi connectivity index (χ1v) is 18.1. The normalized spacial score (nSPS) is 15.2. The van der Waals surface area contributed by atoms with Gasteiger partial charge in [-0.1, -0.05) is 122 Å². The van der Waals surface area contributed by atoms with Crippen molar-refractivity contribution in [3.8, 4) is 0 Å². The number of aliphatic hydroxyl groups excluding tert-OH is 1. The first-order chi connectivity index (χ1) is 19.5. The van der Waals surface area contributed by atoms with Gasteiger partial charge in [-0.2, -0.15) is 0 Å². The molecule has 0 aliphatic carbocycles. The molecule has 0 rings (SSSR count). The van der Waals surface area contributed by atoms with Crippen molar-refractivity contribution < 1.29 is 32.9 Å². The lowest BCUT2D eigenvalue weighted by atomic mass is 10.0. The minimum atomic E-state index is -4.31. The molecule has 0 bridgehead atoms. The number of nitrogens with one attached hydrogen (secondary N) is 1. The van der Waals surface area contributed by atoms with E-state index in [4.69, 9.17) is 9.05 Å². The summed E-state index contributed by atoms with van der Waals surface area (Å²) in [5, 5.41) is 13.5. The van der Waals surface area contributed by atoms with E-state index in [0.717, 1.165) is 44.9 Å². The average Bonchev–Trinajstić information content (AvgIpc) is 2.90. The van der Waals surface area contributed by atoms with Crippen LogP contribution in [0.4, 0.5) is 0 Å². The van der Waals surface area contributed by atoms with E-state index in [1.54, 1.807) is 6.08 Å². The second-order valence-corrected chi connectivity index (χ2v) is 14.0. The first-order valence-electron chi connectivity index (χ1n) is 16.6. The van der Waals surface area contributed by atoms with Crippen molar-refractivity contribution in [3.63, 3.8) is 0 Å². The summed E-state index contributed by atoms with van der Waals surface area (Å²) in [5.41, 5.74) is 0. The standard InChI is InChI=1S/C32H65N2O6P/c1-6-8-10-12-14-15-16-17-18-19-20-22-24-26-32(36)33-30(31(35)25-23-21-13-11-9-7-2)29-40-41(37,38)39-28-27-34(3,4)5/h23,25,30-31,35H,6-22,24,26-29H2,1-5H3,(H-,33,36,37,38)/p+1/b25-23+. The lowest BCUT2D eigenvalue weighted by Crippen LogP contribution is -2.45. The maximum absolute atomic E-state index is 12.6. The molecule has 0 saturated carbocycles. The third kappa shape index (κ3) is 27.8. The van der Waals surface area contributed by atoms with Crippen LogP contribution in [0.3, 0.4) is 0 Å². The predicted octanol–water partition coefficient (Wildman–Crippen LogP) is 7.68. The Hall–Kier alpha value is -0.760. The summed E-state index contributed by atoms with van der Waals surface area (Å²) >= 11 is 0. The molecular formula is C32H66N2O6P+. The Kier molecular flexibility index (Phi) is 25.2. The number of phosphoric acid groups is 1. The molecule has 0 aromatic carbocycles. The number of rotatable bonds is 29. The molecule has 9 heteroatoms. The SMILES string of the molecule is CCCCCC/C=C/C(O)C(COP(=O)(O)OCC[N+](C)(C)C)NC(=O)CCCCCCCCCCCCCCC. The highest BCUT2D eigenvalue weighted by Gasteiger charge is 2.27. The molecule has 3 unspecified atom stereocenters. The maximum Gasteiger partial charge on any atom is 0.472 e. The van der Waals surface area contributed by atoms with Gasteiger partial charge in [-0.3, -0.25) is 13.8 Å². The van der Waals surface area contributed by atoms with Crippen LogP contribution in [0.15, 0.2) is 12.2 Å². The van der Waals surface area contributed by atoms with Crippen LogP contribution in [-0.2, 0) is 18.4 Å². The van der Waals surface area contributed by atoms with Crippen LogP contribution in [0.1, 0.15) is 136 Å². The van der Waals surface area contributed by atoms with Gasteiger partial charge in [-0.15, -0.1) is 0 Å². The van der Waals surface area contributed by atoms with Crippen LogP contribution in [-0.4, -0.2) is 73.4 Å². The Balaban J connectivity index is 4.47. The number of unbranched alkanes of at least 4 members (excludes halogenated alkanes) is 16. The summed E-state index contributed by atoms with van der Waals surface area (Å²) in [6, 6.07) is -0.834. The molecule has 0 saturated heterocycles. The van der Waals surface area contributed by atoms with Gasteiger partial charge in [-0.05, 0) is 19.3 Å². The molecule has 0 radical (unpaired) electrons. The maximum atomic E-state index is 12.6. The van der Waals surface area contributed by atoms with E-state index < -0.39 is 20.0 Å². The Morgan fingerprint density at radius 3 is 1.80 bits per heavy atom. The molecule has 0 aliphatic heterocycles. The average molecular weight is 606 g/mol. The minimum Gasteiger partial charge on any atom is -0.387 e. The van der Waals surface area contributed by atoms with Crippen molar-refractivity contribution >= 4 is 13.7 Å². The zero-order valence-corrected chi connectivity index (χ0v) is 28.2. The number of phosphoric ester groups is 1. The van der Waals surface area contributed by atoms with Crippen molar-refractivity contribution in [1.82, 2.24) is 5.32 Å². The second kappa shape index (κ2) is 25.7. The van der Waals surface area contributed by atoms with Crippen LogP contribution in [0.5, 0.6) is 0 Å². The quantitative estimate of drug-likeness (QED) is 0.0350. The summed E-state index contributed by atoms with van der Waals surface area (Å²) in [5.74, 6) is -0.184. The Bertz CT molecular complexity index is 698. The highest BCUT2D eigenvalue weighted by atomic mass is 31.2. The second-order valence-electron chi connectivity index (χ2n) is 12.5. The molecule has 0 aromatic rings. The summed E-state index contributed by atoms with van der Waals surface area (Å²) in [6.07, 6.45) is 24.4. The lowest BCUT2D eigenvalue weighted by molar-refractivity contribution is -0.870. The number of hydrogen-bond donors (Lipinski definition) is 3. The molecule has 3 atom stereocenters. The zero-order chi connectivity index (χ0) is 30.8. The van der Waals surface area contributed by atoms with Gasteiger partial charge in [0, 0.05) is 6.42 Å². The molecule has 41 heavy (non-hydrogen) atoms. The monoisotopic (exact) mass is 605 g/mol. The fourth-order valence-electron chi connectivity index (χ4n) is 4.51. The smallest absolute Gasteiger partial charge is 0.387 e. The van der Waals surface area contributed by atoms with Crippen molar-refractivity contribution in [2.75, 3.05) is 40.9 Å².